The van der Waals surface area contributed by atoms with Crippen LogP contribution in [-0.2, 0) is 38.4 Å². The number of rotatable bonds is 13. The minimum Gasteiger partial charge on any atom is -0.497 e. The zero-order valence-corrected chi connectivity index (χ0v) is 31.0. The molecule has 274 valence electrons. The van der Waals surface area contributed by atoms with Crippen LogP contribution in [0.25, 0.3) is 10.8 Å². The first-order valence-electron chi connectivity index (χ1n) is 17.0. The lowest BCUT2D eigenvalue weighted by Crippen LogP contribution is -2.48. The Balaban J connectivity index is 1.40. The van der Waals surface area contributed by atoms with Gasteiger partial charge < -0.3 is 19.1 Å². The van der Waals surface area contributed by atoms with Gasteiger partial charge in [0, 0.05) is 24.4 Å². The monoisotopic (exact) mass is 715 g/mol. The quantitative estimate of drug-likeness (QED) is 0.287. The number of hydrogen-bond acceptors (Lipinski definition) is 11. The van der Waals surface area contributed by atoms with Crippen molar-refractivity contribution in [2.45, 2.75) is 117 Å². The van der Waals surface area contributed by atoms with Crippen LogP contribution in [0.4, 0.5) is 0 Å². The molecule has 3 fully saturated rings. The molecule has 1 saturated heterocycles. The van der Waals surface area contributed by atoms with Gasteiger partial charge in [0.1, 0.15) is 17.5 Å². The van der Waals surface area contributed by atoms with E-state index in [0.29, 0.717) is 37.3 Å². The van der Waals surface area contributed by atoms with Crippen LogP contribution < -0.4 is 14.2 Å². The van der Waals surface area contributed by atoms with Gasteiger partial charge in [-0.1, -0.05) is 20.8 Å². The molecule has 0 radical (unpaired) electrons. The number of nitrogens with one attached hydrogen (secondary N) is 1. The minimum atomic E-state index is -4.37. The summed E-state index contributed by atoms with van der Waals surface area (Å²) in [4.78, 5) is 60.7. The van der Waals surface area contributed by atoms with E-state index in [1.165, 1.54) is 4.90 Å². The van der Waals surface area contributed by atoms with E-state index >= 15 is 0 Å². The van der Waals surface area contributed by atoms with Crippen LogP contribution >= 0.6 is 0 Å². The number of nitrogens with zero attached hydrogens (tertiary/aromatic N) is 2. The molecule has 0 spiro atoms. The number of carbonyl (C=O) groups excluding carboxylic acids is 4. The van der Waals surface area contributed by atoms with E-state index < -0.39 is 74.0 Å². The van der Waals surface area contributed by atoms with E-state index in [1.54, 1.807) is 47.1 Å². The largest absolute Gasteiger partial charge is 0.497 e. The van der Waals surface area contributed by atoms with Crippen molar-refractivity contribution in [1.82, 2.24) is 14.6 Å². The number of ether oxygens (including phenoxy) is 3. The molecular formula is C36H49N3O10S. The SMILES string of the molecule is COc1ccc2c(O[C@@H]3C[C@@H](C(=O)CC4(C(=O)NS(=O)(=O)OC5(C)CC5)CC4)N(C(=O)[C@@H](CC(=O)OC(C)(C)C)C(C)(C)C)C3)nccc2c1. The maximum atomic E-state index is 14.4. The van der Waals surface area contributed by atoms with E-state index in [-0.39, 0.29) is 25.8 Å². The maximum absolute atomic E-state index is 14.4. The lowest BCUT2D eigenvalue weighted by molar-refractivity contribution is -0.161. The third kappa shape index (κ3) is 8.92. The fourth-order valence-corrected chi connectivity index (χ4v) is 7.49. The van der Waals surface area contributed by atoms with Gasteiger partial charge in [-0.3, -0.25) is 19.2 Å². The normalized spacial score (nSPS) is 21.6. The second kappa shape index (κ2) is 13.4. The third-order valence-electron chi connectivity index (χ3n) is 9.60. The van der Waals surface area contributed by atoms with Crippen molar-refractivity contribution in [3.63, 3.8) is 0 Å². The highest BCUT2D eigenvalue weighted by Crippen LogP contribution is 2.50. The Morgan fingerprint density at radius 2 is 1.72 bits per heavy atom. The lowest BCUT2D eigenvalue weighted by atomic mass is 9.77. The van der Waals surface area contributed by atoms with Crippen LogP contribution in [0.2, 0.25) is 0 Å². The predicted octanol–water partition coefficient (Wildman–Crippen LogP) is 4.66. The van der Waals surface area contributed by atoms with Gasteiger partial charge in [-0.2, -0.15) is 8.42 Å². The molecule has 2 amide bonds. The fraction of sp³-hybridized carbons (Fsp3) is 0.639. The highest BCUT2D eigenvalue weighted by Gasteiger charge is 2.55. The van der Waals surface area contributed by atoms with Crippen LogP contribution in [0.1, 0.15) is 93.4 Å². The molecule has 2 heterocycles. The molecule has 2 aromatic rings. The molecule has 2 saturated carbocycles. The van der Waals surface area contributed by atoms with Crippen LogP contribution in [0, 0.1) is 16.7 Å². The Kier molecular flexibility index (Phi) is 10.0. The van der Waals surface area contributed by atoms with E-state index in [2.05, 4.69) is 4.98 Å². The summed E-state index contributed by atoms with van der Waals surface area (Å²) in [5.41, 5.74) is -3.49. The number of pyridine rings is 1. The number of aromatic nitrogens is 1. The second-order valence-corrected chi connectivity index (χ2v) is 17.5. The molecule has 5 rings (SSSR count). The average molecular weight is 716 g/mol. The zero-order valence-electron chi connectivity index (χ0n) is 30.2. The molecule has 3 aliphatic rings. The lowest BCUT2D eigenvalue weighted by Gasteiger charge is -2.35. The minimum absolute atomic E-state index is 0.0321. The summed E-state index contributed by atoms with van der Waals surface area (Å²) in [6.45, 7) is 12.5. The molecule has 14 heteroatoms. The van der Waals surface area contributed by atoms with Crippen LogP contribution in [0.3, 0.4) is 0 Å². The molecule has 1 aliphatic heterocycles. The fourth-order valence-electron chi connectivity index (χ4n) is 6.31. The van der Waals surface area contributed by atoms with Crippen LogP contribution in [0.5, 0.6) is 11.6 Å². The Bertz CT molecular complexity index is 1770. The van der Waals surface area contributed by atoms with Crippen molar-refractivity contribution in [2.75, 3.05) is 13.7 Å². The molecule has 0 unspecified atom stereocenters. The Morgan fingerprint density at radius 3 is 2.30 bits per heavy atom. The number of carbonyl (C=O) groups is 4. The smallest absolute Gasteiger partial charge is 0.362 e. The Hall–Kier alpha value is -3.78. The number of esters is 1. The van der Waals surface area contributed by atoms with Crippen molar-refractivity contribution < 1.29 is 46.0 Å². The molecule has 13 nitrogen and oxygen atoms in total. The average Bonchev–Trinajstić information content (AvgIpc) is 3.89. The predicted molar refractivity (Wildman–Crippen MR) is 183 cm³/mol. The van der Waals surface area contributed by atoms with Gasteiger partial charge in [-0.15, -0.1) is 0 Å². The number of likely N-dealkylation sites (tertiary alicyclic amines) is 1. The molecule has 1 aromatic carbocycles. The van der Waals surface area contributed by atoms with Crippen molar-refractivity contribution >= 4 is 44.6 Å². The highest BCUT2D eigenvalue weighted by molar-refractivity contribution is 7.85. The number of hydrogen-bond donors (Lipinski definition) is 1. The molecule has 1 aromatic heterocycles. The summed E-state index contributed by atoms with van der Waals surface area (Å²) in [5, 5.41) is 1.55. The first kappa shape index (κ1) is 37.5. The summed E-state index contributed by atoms with van der Waals surface area (Å²) in [7, 11) is -2.80. The van der Waals surface area contributed by atoms with Crippen LogP contribution in [0.15, 0.2) is 30.5 Å². The number of fused-ring (bicyclic) bond motifs is 1. The summed E-state index contributed by atoms with van der Waals surface area (Å²) < 4.78 is 49.6. The van der Waals surface area contributed by atoms with Crippen molar-refractivity contribution in [3.05, 3.63) is 30.5 Å². The first-order chi connectivity index (χ1) is 23.1. The van der Waals surface area contributed by atoms with Gasteiger partial charge in [0.2, 0.25) is 17.7 Å². The first-order valence-corrected chi connectivity index (χ1v) is 18.5. The van der Waals surface area contributed by atoms with Gasteiger partial charge in [0.05, 0.1) is 43.1 Å². The van der Waals surface area contributed by atoms with Gasteiger partial charge in [-0.05, 0) is 88.4 Å². The van der Waals surface area contributed by atoms with Gasteiger partial charge in [0.25, 0.3) is 0 Å². The van der Waals surface area contributed by atoms with Gasteiger partial charge in [-0.25, -0.2) is 13.9 Å². The van der Waals surface area contributed by atoms with Crippen molar-refractivity contribution in [2.24, 2.45) is 16.7 Å². The summed E-state index contributed by atoms with van der Waals surface area (Å²) in [5.74, 6) is -1.99. The van der Waals surface area contributed by atoms with E-state index in [9.17, 15) is 27.6 Å². The summed E-state index contributed by atoms with van der Waals surface area (Å²) in [6, 6.07) is 6.29. The third-order valence-corrected chi connectivity index (χ3v) is 10.7. The maximum Gasteiger partial charge on any atom is 0.362 e. The molecule has 1 N–H and O–H groups in total. The molecule has 0 bridgehead atoms. The highest BCUT2D eigenvalue weighted by atomic mass is 32.2. The van der Waals surface area contributed by atoms with E-state index in [0.717, 1.165) is 10.8 Å². The Labute approximate surface area is 294 Å². The standard InChI is InChI=1S/C36H49N3O10S/c1-33(2,3)26(19-29(41)48-34(4,5)6)31(42)39-21-24(47-30-25-10-9-23(46-8)17-22(25)11-16-37-30)18-27(39)28(40)20-36(14-15-36)32(43)38-50(44,45)49-35(7)12-13-35/h9-11,16-17,24,26-27H,12-15,18-21H2,1-8H3,(H,38,43)/t24-,26-,27+/m1/s1. The Morgan fingerprint density at radius 1 is 1.04 bits per heavy atom. The van der Waals surface area contributed by atoms with E-state index in [4.69, 9.17) is 18.4 Å². The van der Waals surface area contributed by atoms with Crippen molar-refractivity contribution in [1.29, 1.82) is 0 Å². The summed E-state index contributed by atoms with van der Waals surface area (Å²) in [6.07, 6.45) is 2.34. The zero-order chi connectivity index (χ0) is 36.9. The number of methoxy groups -OCH3 is 1. The number of amides is 2. The molecular weight excluding hydrogens is 666 g/mol. The topological polar surface area (TPSA) is 167 Å². The number of ketones is 1. The van der Waals surface area contributed by atoms with Gasteiger partial charge in [0.15, 0.2) is 5.78 Å². The molecule has 2 aliphatic carbocycles. The van der Waals surface area contributed by atoms with E-state index in [1.807, 2.05) is 43.7 Å². The molecule has 50 heavy (non-hydrogen) atoms. The number of Topliss-reactive ketones (excluding diaryl/α,β-unsaturated/α-hetero) is 1. The van der Waals surface area contributed by atoms with Gasteiger partial charge >= 0.3 is 16.3 Å². The second-order valence-electron chi connectivity index (χ2n) is 16.2. The summed E-state index contributed by atoms with van der Waals surface area (Å²) >= 11 is 0. The molecule has 3 atom stereocenters. The van der Waals surface area contributed by atoms with Crippen LogP contribution in [-0.4, -0.2) is 78.9 Å². The number of benzene rings is 1. The van der Waals surface area contributed by atoms with Crippen molar-refractivity contribution in [3.8, 4) is 11.6 Å².